The average Bonchev–Trinajstić information content (AvgIpc) is 2.81. The van der Waals surface area contributed by atoms with E-state index in [-0.39, 0.29) is 5.91 Å². The van der Waals surface area contributed by atoms with Gasteiger partial charge in [0.2, 0.25) is 5.91 Å². The molecule has 1 heterocycles. The van der Waals surface area contributed by atoms with Crippen molar-refractivity contribution in [3.05, 3.63) is 0 Å². The summed E-state index contributed by atoms with van der Waals surface area (Å²) in [5.74, 6) is 2.64. The zero-order valence-corrected chi connectivity index (χ0v) is 11.7. The van der Waals surface area contributed by atoms with E-state index in [0.717, 1.165) is 50.2 Å². The van der Waals surface area contributed by atoms with Crippen molar-refractivity contribution in [1.29, 1.82) is 0 Å². The lowest BCUT2D eigenvalue weighted by Gasteiger charge is -2.22. The molecule has 3 nitrogen and oxygen atoms in total. The summed E-state index contributed by atoms with van der Waals surface area (Å²) in [5, 5.41) is 6.50. The van der Waals surface area contributed by atoms with Gasteiger partial charge in [-0.2, -0.15) is 0 Å². The van der Waals surface area contributed by atoms with Crippen molar-refractivity contribution >= 4 is 5.91 Å². The molecule has 2 aliphatic rings. The Balaban J connectivity index is 1.54. The fourth-order valence-corrected chi connectivity index (χ4v) is 3.36. The number of carbonyl (C=O) groups excluding carboxylic acids is 1. The molecule has 18 heavy (non-hydrogen) atoms. The summed E-state index contributed by atoms with van der Waals surface area (Å²) in [6, 6.07) is 0. The van der Waals surface area contributed by atoms with Crippen molar-refractivity contribution in [3.8, 4) is 0 Å². The maximum Gasteiger partial charge on any atom is 0.220 e. The van der Waals surface area contributed by atoms with Crippen LogP contribution in [0.4, 0.5) is 0 Å². The Kier molecular flexibility index (Phi) is 5.48. The summed E-state index contributed by atoms with van der Waals surface area (Å²) in [5.41, 5.74) is 0. The Morgan fingerprint density at radius 3 is 2.61 bits per heavy atom. The van der Waals surface area contributed by atoms with Gasteiger partial charge in [-0.05, 0) is 62.9 Å². The smallest absolute Gasteiger partial charge is 0.220 e. The molecule has 0 aromatic carbocycles. The number of hydrogen-bond donors (Lipinski definition) is 2. The lowest BCUT2D eigenvalue weighted by molar-refractivity contribution is -0.121. The van der Waals surface area contributed by atoms with Crippen LogP contribution in [0.15, 0.2) is 0 Å². The van der Waals surface area contributed by atoms with Gasteiger partial charge in [0.25, 0.3) is 0 Å². The van der Waals surface area contributed by atoms with E-state index in [1.165, 1.54) is 32.1 Å². The second-order valence-corrected chi connectivity index (χ2v) is 6.32. The quantitative estimate of drug-likeness (QED) is 0.788. The van der Waals surface area contributed by atoms with Crippen LogP contribution >= 0.6 is 0 Å². The lowest BCUT2D eigenvalue weighted by atomic mass is 9.93. The van der Waals surface area contributed by atoms with Crippen LogP contribution in [0.5, 0.6) is 0 Å². The van der Waals surface area contributed by atoms with Crippen LogP contribution < -0.4 is 10.6 Å². The van der Waals surface area contributed by atoms with Gasteiger partial charge in [-0.3, -0.25) is 4.79 Å². The van der Waals surface area contributed by atoms with Crippen molar-refractivity contribution in [3.63, 3.8) is 0 Å². The number of carbonyl (C=O) groups is 1. The van der Waals surface area contributed by atoms with E-state index in [1.54, 1.807) is 0 Å². The third kappa shape index (κ3) is 4.60. The second kappa shape index (κ2) is 7.13. The van der Waals surface area contributed by atoms with Crippen LogP contribution in [-0.4, -0.2) is 25.5 Å². The molecule has 3 heteroatoms. The predicted molar refractivity (Wildman–Crippen MR) is 74.3 cm³/mol. The number of rotatable bonds is 5. The highest BCUT2D eigenvalue weighted by atomic mass is 16.1. The van der Waals surface area contributed by atoms with Crippen molar-refractivity contribution < 1.29 is 4.79 Å². The van der Waals surface area contributed by atoms with E-state index in [0.29, 0.717) is 0 Å². The Bertz CT molecular complexity index is 250. The van der Waals surface area contributed by atoms with E-state index in [9.17, 15) is 4.79 Å². The number of hydrogen-bond acceptors (Lipinski definition) is 2. The number of amides is 1. The van der Waals surface area contributed by atoms with Gasteiger partial charge in [0.15, 0.2) is 0 Å². The lowest BCUT2D eigenvalue weighted by Crippen LogP contribution is -2.31. The topological polar surface area (TPSA) is 41.1 Å². The normalized spacial score (nSPS) is 29.4. The summed E-state index contributed by atoms with van der Waals surface area (Å²) >= 11 is 0. The van der Waals surface area contributed by atoms with Gasteiger partial charge in [0, 0.05) is 13.0 Å². The summed E-state index contributed by atoms with van der Waals surface area (Å²) < 4.78 is 0. The molecule has 0 radical (unpaired) electrons. The van der Waals surface area contributed by atoms with E-state index in [2.05, 4.69) is 17.6 Å². The van der Waals surface area contributed by atoms with Gasteiger partial charge in [-0.1, -0.05) is 13.3 Å². The van der Waals surface area contributed by atoms with E-state index in [1.807, 2.05) is 0 Å². The molecule has 1 aliphatic heterocycles. The van der Waals surface area contributed by atoms with E-state index >= 15 is 0 Å². The molecule has 1 saturated heterocycles. The molecule has 2 N–H and O–H groups in total. The second-order valence-electron chi connectivity index (χ2n) is 6.32. The molecule has 1 saturated carbocycles. The highest BCUT2D eigenvalue weighted by Crippen LogP contribution is 2.29. The molecule has 2 fully saturated rings. The monoisotopic (exact) mass is 252 g/mol. The molecular formula is C15H28N2O. The SMILES string of the molecule is CC1CCC(CNC(=O)CCC2CCNCC2)C1. The summed E-state index contributed by atoms with van der Waals surface area (Å²) in [6.07, 6.45) is 8.24. The standard InChI is InChI=1S/C15H28N2O/c1-12-2-3-14(10-12)11-17-15(18)5-4-13-6-8-16-9-7-13/h12-14,16H,2-11H2,1H3,(H,17,18). The fourth-order valence-electron chi connectivity index (χ4n) is 3.36. The summed E-state index contributed by atoms with van der Waals surface area (Å²) in [4.78, 5) is 11.8. The average molecular weight is 252 g/mol. The predicted octanol–water partition coefficient (Wildman–Crippen LogP) is 2.32. The van der Waals surface area contributed by atoms with Crippen molar-refractivity contribution in [2.24, 2.45) is 17.8 Å². The largest absolute Gasteiger partial charge is 0.356 e. The van der Waals surface area contributed by atoms with Gasteiger partial charge in [-0.25, -0.2) is 0 Å². The molecule has 0 aromatic rings. The molecule has 0 spiro atoms. The summed E-state index contributed by atoms with van der Waals surface area (Å²) in [6.45, 7) is 5.49. The zero-order valence-electron chi connectivity index (χ0n) is 11.7. The van der Waals surface area contributed by atoms with Crippen molar-refractivity contribution in [2.75, 3.05) is 19.6 Å². The Morgan fingerprint density at radius 1 is 1.17 bits per heavy atom. The molecule has 2 atom stereocenters. The first kappa shape index (κ1) is 13.9. The molecule has 2 unspecified atom stereocenters. The molecule has 2 rings (SSSR count). The minimum atomic E-state index is 0.271. The van der Waals surface area contributed by atoms with Crippen LogP contribution in [0.2, 0.25) is 0 Å². The Morgan fingerprint density at radius 2 is 1.94 bits per heavy atom. The molecular weight excluding hydrogens is 224 g/mol. The van der Waals surface area contributed by atoms with Crippen molar-refractivity contribution in [1.82, 2.24) is 10.6 Å². The summed E-state index contributed by atoms with van der Waals surface area (Å²) in [7, 11) is 0. The van der Waals surface area contributed by atoms with Crippen LogP contribution in [0.3, 0.4) is 0 Å². The Hall–Kier alpha value is -0.570. The van der Waals surface area contributed by atoms with Crippen LogP contribution in [0.25, 0.3) is 0 Å². The molecule has 0 bridgehead atoms. The van der Waals surface area contributed by atoms with Crippen LogP contribution in [-0.2, 0) is 4.79 Å². The van der Waals surface area contributed by atoms with Gasteiger partial charge in [0.1, 0.15) is 0 Å². The van der Waals surface area contributed by atoms with Crippen LogP contribution in [0.1, 0.15) is 51.9 Å². The number of nitrogens with one attached hydrogen (secondary N) is 2. The maximum absolute atomic E-state index is 11.8. The molecule has 104 valence electrons. The highest BCUT2D eigenvalue weighted by molar-refractivity contribution is 5.75. The first-order valence-electron chi connectivity index (χ1n) is 7.71. The Labute approximate surface area is 111 Å². The minimum Gasteiger partial charge on any atom is -0.356 e. The van der Waals surface area contributed by atoms with Gasteiger partial charge in [-0.15, -0.1) is 0 Å². The first-order chi connectivity index (χ1) is 8.74. The zero-order chi connectivity index (χ0) is 12.8. The highest BCUT2D eigenvalue weighted by Gasteiger charge is 2.21. The maximum atomic E-state index is 11.8. The van der Waals surface area contributed by atoms with E-state index in [4.69, 9.17) is 0 Å². The van der Waals surface area contributed by atoms with Gasteiger partial charge < -0.3 is 10.6 Å². The molecule has 1 aliphatic carbocycles. The third-order valence-corrected chi connectivity index (χ3v) is 4.63. The molecule has 1 amide bonds. The first-order valence-corrected chi connectivity index (χ1v) is 7.71. The number of piperidine rings is 1. The minimum absolute atomic E-state index is 0.271. The fraction of sp³-hybridized carbons (Fsp3) is 0.933. The molecule has 0 aromatic heterocycles. The van der Waals surface area contributed by atoms with Crippen LogP contribution in [0, 0.1) is 17.8 Å². The van der Waals surface area contributed by atoms with Gasteiger partial charge in [0.05, 0.1) is 0 Å². The van der Waals surface area contributed by atoms with E-state index < -0.39 is 0 Å². The van der Waals surface area contributed by atoms with Crippen molar-refractivity contribution in [2.45, 2.75) is 51.9 Å². The third-order valence-electron chi connectivity index (χ3n) is 4.63. The van der Waals surface area contributed by atoms with Gasteiger partial charge >= 0.3 is 0 Å².